The van der Waals surface area contributed by atoms with Gasteiger partial charge in [0.15, 0.2) is 0 Å². The molecular formula is C16H19FN2O4. The molecule has 2 heterocycles. The molecule has 1 saturated heterocycles. The second-order valence-electron chi connectivity index (χ2n) is 5.98. The first-order valence-corrected chi connectivity index (χ1v) is 7.83. The first-order chi connectivity index (χ1) is 11.0. The van der Waals surface area contributed by atoms with Gasteiger partial charge in [-0.25, -0.2) is 9.78 Å². The molecule has 1 aliphatic carbocycles. The number of halogens is 1. The molecule has 3 rings (SSSR count). The Morgan fingerprint density at radius 2 is 2.22 bits per heavy atom. The molecule has 1 aliphatic heterocycles. The molecule has 124 valence electrons. The summed E-state index contributed by atoms with van der Waals surface area (Å²) in [5.41, 5.74) is -0.617. The van der Waals surface area contributed by atoms with Crippen molar-refractivity contribution in [1.82, 2.24) is 4.98 Å². The highest BCUT2D eigenvalue weighted by atomic mass is 19.1. The fourth-order valence-electron chi connectivity index (χ4n) is 3.25. The van der Waals surface area contributed by atoms with Crippen LogP contribution < -0.4 is 4.90 Å². The van der Waals surface area contributed by atoms with Gasteiger partial charge in [0.25, 0.3) is 0 Å². The quantitative estimate of drug-likeness (QED) is 0.632. The number of aromatic nitrogens is 1. The Morgan fingerprint density at radius 3 is 2.87 bits per heavy atom. The molecule has 2 fully saturated rings. The van der Waals surface area contributed by atoms with Gasteiger partial charge in [-0.1, -0.05) is 6.07 Å². The molecular weight excluding hydrogens is 303 g/mol. The van der Waals surface area contributed by atoms with Crippen molar-refractivity contribution < 1.29 is 23.5 Å². The SMILES string of the molecule is CCOC(=O)[C@H]1CC[C@]2(CC1)CN(c1cccc(F)n1)C(=O)O2. The Morgan fingerprint density at radius 1 is 1.48 bits per heavy atom. The van der Waals surface area contributed by atoms with Gasteiger partial charge in [0, 0.05) is 0 Å². The van der Waals surface area contributed by atoms with Gasteiger partial charge in [-0.3, -0.25) is 9.69 Å². The van der Waals surface area contributed by atoms with Gasteiger partial charge >= 0.3 is 12.1 Å². The molecule has 6 nitrogen and oxygen atoms in total. The second-order valence-corrected chi connectivity index (χ2v) is 5.98. The molecule has 2 aliphatic rings. The van der Waals surface area contributed by atoms with E-state index >= 15 is 0 Å². The first-order valence-electron chi connectivity index (χ1n) is 7.83. The van der Waals surface area contributed by atoms with Crippen molar-refractivity contribution in [3.8, 4) is 0 Å². The number of carbonyl (C=O) groups excluding carboxylic acids is 2. The number of amides is 1. The molecule has 0 radical (unpaired) electrons. The van der Waals surface area contributed by atoms with E-state index in [1.165, 1.54) is 17.0 Å². The van der Waals surface area contributed by atoms with E-state index in [9.17, 15) is 14.0 Å². The lowest BCUT2D eigenvalue weighted by molar-refractivity contribution is -0.150. The van der Waals surface area contributed by atoms with Crippen molar-refractivity contribution in [3.05, 3.63) is 24.1 Å². The number of rotatable bonds is 3. The third kappa shape index (κ3) is 3.13. The van der Waals surface area contributed by atoms with Crippen LogP contribution in [0.5, 0.6) is 0 Å². The van der Waals surface area contributed by atoms with Crippen molar-refractivity contribution in [1.29, 1.82) is 0 Å². The van der Waals surface area contributed by atoms with Crippen molar-refractivity contribution in [2.45, 2.75) is 38.2 Å². The minimum Gasteiger partial charge on any atom is -0.466 e. The molecule has 0 aromatic carbocycles. The first kappa shape index (κ1) is 15.7. The smallest absolute Gasteiger partial charge is 0.416 e. The van der Waals surface area contributed by atoms with Gasteiger partial charge < -0.3 is 9.47 Å². The molecule has 1 aromatic rings. The number of hydrogen-bond acceptors (Lipinski definition) is 5. The molecule has 1 aromatic heterocycles. The Kier molecular flexibility index (Phi) is 4.19. The van der Waals surface area contributed by atoms with Crippen molar-refractivity contribution in [2.75, 3.05) is 18.1 Å². The van der Waals surface area contributed by atoms with E-state index in [-0.39, 0.29) is 17.7 Å². The Bertz CT molecular complexity index is 614. The highest BCUT2D eigenvalue weighted by Crippen LogP contribution is 2.40. The van der Waals surface area contributed by atoms with Gasteiger partial charge in [0.1, 0.15) is 11.4 Å². The highest BCUT2D eigenvalue weighted by molar-refractivity contribution is 5.89. The summed E-state index contributed by atoms with van der Waals surface area (Å²) in [6.45, 7) is 2.48. The summed E-state index contributed by atoms with van der Waals surface area (Å²) in [6, 6.07) is 4.31. The average Bonchev–Trinajstić information content (AvgIpc) is 2.84. The fourth-order valence-corrected chi connectivity index (χ4v) is 3.25. The van der Waals surface area contributed by atoms with E-state index < -0.39 is 17.6 Å². The van der Waals surface area contributed by atoms with Crippen molar-refractivity contribution >= 4 is 17.9 Å². The zero-order valence-corrected chi connectivity index (χ0v) is 13.0. The Balaban J connectivity index is 1.67. The largest absolute Gasteiger partial charge is 0.466 e. The van der Waals surface area contributed by atoms with Crippen molar-refractivity contribution in [2.24, 2.45) is 5.92 Å². The second kappa shape index (κ2) is 6.14. The van der Waals surface area contributed by atoms with Gasteiger partial charge in [-0.2, -0.15) is 4.39 Å². The lowest BCUT2D eigenvalue weighted by atomic mass is 9.79. The van der Waals surface area contributed by atoms with Crippen LogP contribution in [0.3, 0.4) is 0 Å². The number of anilines is 1. The molecule has 7 heteroatoms. The van der Waals surface area contributed by atoms with E-state index in [2.05, 4.69) is 4.98 Å². The van der Waals surface area contributed by atoms with E-state index in [1.807, 2.05) is 0 Å². The third-order valence-electron chi connectivity index (χ3n) is 4.46. The molecule has 1 saturated carbocycles. The van der Waals surface area contributed by atoms with E-state index in [1.54, 1.807) is 13.0 Å². The lowest BCUT2D eigenvalue weighted by Crippen LogP contribution is -2.40. The summed E-state index contributed by atoms with van der Waals surface area (Å²) in [7, 11) is 0. The normalized spacial score (nSPS) is 27.1. The monoisotopic (exact) mass is 322 g/mol. The maximum atomic E-state index is 13.3. The van der Waals surface area contributed by atoms with E-state index in [0.29, 0.717) is 38.8 Å². The van der Waals surface area contributed by atoms with Crippen LogP contribution in [0.4, 0.5) is 15.0 Å². The van der Waals surface area contributed by atoms with Crippen LogP contribution in [0.15, 0.2) is 18.2 Å². The van der Waals surface area contributed by atoms with Crippen molar-refractivity contribution in [3.63, 3.8) is 0 Å². The summed E-state index contributed by atoms with van der Waals surface area (Å²) in [5, 5.41) is 0. The van der Waals surface area contributed by atoms with Gasteiger partial charge in [0.2, 0.25) is 5.95 Å². The molecule has 1 spiro atoms. The third-order valence-corrected chi connectivity index (χ3v) is 4.46. The average molecular weight is 322 g/mol. The van der Waals surface area contributed by atoms with Crippen LogP contribution in [0, 0.1) is 11.9 Å². The van der Waals surface area contributed by atoms with Gasteiger partial charge in [-0.15, -0.1) is 0 Å². The zero-order valence-electron chi connectivity index (χ0n) is 13.0. The van der Waals surface area contributed by atoms with Gasteiger partial charge in [0.05, 0.1) is 19.1 Å². The highest BCUT2D eigenvalue weighted by Gasteiger charge is 2.49. The minimum atomic E-state index is -0.637. The summed E-state index contributed by atoms with van der Waals surface area (Å²) in [5.74, 6) is -0.711. The Labute approximate surface area is 133 Å². The molecule has 23 heavy (non-hydrogen) atoms. The number of hydrogen-bond donors (Lipinski definition) is 0. The van der Waals surface area contributed by atoms with Crippen LogP contribution in [-0.4, -0.2) is 35.8 Å². The molecule has 0 unspecified atom stereocenters. The maximum Gasteiger partial charge on any atom is 0.416 e. The lowest BCUT2D eigenvalue weighted by Gasteiger charge is -2.34. The van der Waals surface area contributed by atoms with E-state index in [4.69, 9.17) is 9.47 Å². The summed E-state index contributed by atoms with van der Waals surface area (Å²) in [6.07, 6.45) is 1.91. The molecule has 1 amide bonds. The predicted molar refractivity (Wildman–Crippen MR) is 79.3 cm³/mol. The van der Waals surface area contributed by atoms with Crippen LogP contribution in [0.1, 0.15) is 32.6 Å². The number of pyridine rings is 1. The summed E-state index contributed by atoms with van der Waals surface area (Å²) in [4.78, 5) is 29.0. The molecule has 0 atom stereocenters. The van der Waals surface area contributed by atoms with Gasteiger partial charge in [-0.05, 0) is 44.7 Å². The summed E-state index contributed by atoms with van der Waals surface area (Å²) >= 11 is 0. The van der Waals surface area contributed by atoms with Crippen LogP contribution >= 0.6 is 0 Å². The standard InChI is InChI=1S/C16H19FN2O4/c1-2-22-14(20)11-6-8-16(9-7-11)10-19(15(21)23-16)13-5-3-4-12(17)18-13/h3-5,11H,2,6-10H2,1H3/t11-,16-. The van der Waals surface area contributed by atoms with E-state index in [0.717, 1.165) is 0 Å². The van der Waals surface area contributed by atoms with Crippen LogP contribution in [0.25, 0.3) is 0 Å². The predicted octanol–water partition coefficient (Wildman–Crippen LogP) is 2.67. The number of ether oxygens (including phenoxy) is 2. The van der Waals surface area contributed by atoms with Crippen LogP contribution in [0.2, 0.25) is 0 Å². The maximum absolute atomic E-state index is 13.3. The molecule has 0 bridgehead atoms. The fraction of sp³-hybridized carbons (Fsp3) is 0.562. The molecule has 0 N–H and O–H groups in total. The summed E-state index contributed by atoms with van der Waals surface area (Å²) < 4.78 is 23.9. The Hall–Kier alpha value is -2.18. The topological polar surface area (TPSA) is 68.7 Å². The minimum absolute atomic E-state index is 0.138. The number of carbonyl (C=O) groups is 2. The van der Waals surface area contributed by atoms with Crippen LogP contribution in [-0.2, 0) is 14.3 Å². The number of esters is 1. The number of nitrogens with zero attached hydrogens (tertiary/aromatic N) is 2. The zero-order chi connectivity index (χ0) is 16.4.